The Kier molecular flexibility index (Phi) is 2.33. The average molecular weight is 282 g/mol. The fraction of sp³-hybridized carbons (Fsp3) is 0.462. The molecule has 0 bridgehead atoms. The third-order valence-corrected chi connectivity index (χ3v) is 6.67. The summed E-state index contributed by atoms with van der Waals surface area (Å²) in [5.74, 6) is 0. The first-order valence-electron chi connectivity index (χ1n) is 5.85. The van der Waals surface area contributed by atoms with Crippen molar-refractivity contribution in [1.29, 1.82) is 5.26 Å². The van der Waals surface area contributed by atoms with Crippen LogP contribution in [0.3, 0.4) is 0 Å². The van der Waals surface area contributed by atoms with Gasteiger partial charge in [0.1, 0.15) is 0 Å². The molecule has 0 unspecified atom stereocenters. The van der Waals surface area contributed by atoms with E-state index < -0.39 is 14.6 Å². The second-order valence-electron chi connectivity index (χ2n) is 5.42. The Morgan fingerprint density at radius 2 is 1.72 bits per heavy atom. The van der Waals surface area contributed by atoms with Crippen LogP contribution in [-0.4, -0.2) is 13.2 Å². The van der Waals surface area contributed by atoms with Gasteiger partial charge in [-0.3, -0.25) is 0 Å². The lowest BCUT2D eigenvalue weighted by atomic mass is 9.72. The Hall–Kier alpha value is -1.05. The Balaban J connectivity index is 1.99. The summed E-state index contributed by atoms with van der Waals surface area (Å²) in [6, 6.07) is 8.10. The molecule has 0 heterocycles. The van der Waals surface area contributed by atoms with Crippen LogP contribution in [0.25, 0.3) is 0 Å². The molecule has 2 aliphatic rings. The molecule has 2 aliphatic carbocycles. The van der Waals surface area contributed by atoms with Crippen LogP contribution in [0.1, 0.15) is 25.7 Å². The summed E-state index contributed by atoms with van der Waals surface area (Å²) in [4.78, 5) is 0.198. The molecule has 94 valence electrons. The molecule has 2 fully saturated rings. The maximum absolute atomic E-state index is 12.5. The van der Waals surface area contributed by atoms with Gasteiger partial charge in [-0.05, 0) is 55.4 Å². The zero-order chi connectivity index (χ0) is 13.0. The third-order valence-electron chi connectivity index (χ3n) is 4.12. The molecule has 2 saturated carbocycles. The second kappa shape index (κ2) is 3.49. The first kappa shape index (κ1) is 12.0. The van der Waals surface area contributed by atoms with Gasteiger partial charge in [0.15, 0.2) is 14.6 Å². The van der Waals surface area contributed by atoms with Crippen LogP contribution < -0.4 is 0 Å². The Morgan fingerprint density at radius 3 is 2.17 bits per heavy atom. The van der Waals surface area contributed by atoms with Gasteiger partial charge in [-0.25, -0.2) is 8.42 Å². The van der Waals surface area contributed by atoms with Crippen molar-refractivity contribution in [1.82, 2.24) is 0 Å². The van der Waals surface area contributed by atoms with Gasteiger partial charge in [0.05, 0.1) is 11.0 Å². The van der Waals surface area contributed by atoms with Crippen LogP contribution >= 0.6 is 11.6 Å². The smallest absolute Gasteiger partial charge is 0.197 e. The standard InChI is InChI=1S/C13H12ClNO2S/c14-10-1-3-11(4-2-10)18(16,17)13(9-15)7-12(8-13)5-6-12/h1-4H,5-8H2. The van der Waals surface area contributed by atoms with E-state index in [0.29, 0.717) is 17.9 Å². The quantitative estimate of drug-likeness (QED) is 0.837. The predicted molar refractivity (Wildman–Crippen MR) is 67.9 cm³/mol. The van der Waals surface area contributed by atoms with Gasteiger partial charge in [0, 0.05) is 5.02 Å². The Bertz CT molecular complexity index is 631. The van der Waals surface area contributed by atoms with E-state index >= 15 is 0 Å². The molecule has 0 saturated heterocycles. The highest BCUT2D eigenvalue weighted by Crippen LogP contribution is 2.67. The number of nitriles is 1. The van der Waals surface area contributed by atoms with E-state index in [4.69, 9.17) is 11.6 Å². The molecule has 0 amide bonds. The van der Waals surface area contributed by atoms with E-state index in [-0.39, 0.29) is 10.3 Å². The van der Waals surface area contributed by atoms with Crippen molar-refractivity contribution in [2.24, 2.45) is 5.41 Å². The molecule has 0 aliphatic heterocycles. The van der Waals surface area contributed by atoms with Crippen LogP contribution in [0.15, 0.2) is 29.2 Å². The van der Waals surface area contributed by atoms with Gasteiger partial charge in [0.2, 0.25) is 0 Å². The Morgan fingerprint density at radius 1 is 1.17 bits per heavy atom. The van der Waals surface area contributed by atoms with Gasteiger partial charge < -0.3 is 0 Å². The largest absolute Gasteiger partial charge is 0.222 e. The first-order valence-corrected chi connectivity index (χ1v) is 7.71. The molecule has 18 heavy (non-hydrogen) atoms. The molecular formula is C13H12ClNO2S. The summed E-state index contributed by atoms with van der Waals surface area (Å²) in [7, 11) is -3.58. The van der Waals surface area contributed by atoms with Crippen molar-refractivity contribution in [3.8, 4) is 6.07 Å². The highest BCUT2D eigenvalue weighted by atomic mass is 35.5. The number of hydrogen-bond acceptors (Lipinski definition) is 3. The molecule has 1 spiro atoms. The fourth-order valence-electron chi connectivity index (χ4n) is 2.86. The van der Waals surface area contributed by atoms with Crippen LogP contribution in [0.4, 0.5) is 0 Å². The number of halogens is 1. The van der Waals surface area contributed by atoms with Crippen molar-refractivity contribution < 1.29 is 8.42 Å². The van der Waals surface area contributed by atoms with E-state index in [1.165, 1.54) is 12.1 Å². The van der Waals surface area contributed by atoms with Crippen molar-refractivity contribution in [2.45, 2.75) is 35.3 Å². The summed E-state index contributed by atoms with van der Waals surface area (Å²) in [5, 5.41) is 9.79. The van der Waals surface area contributed by atoms with Crippen molar-refractivity contribution in [2.75, 3.05) is 0 Å². The molecule has 0 atom stereocenters. The number of rotatable bonds is 2. The first-order chi connectivity index (χ1) is 8.43. The summed E-state index contributed by atoms with van der Waals surface area (Å²) in [5.41, 5.74) is 0.162. The normalized spacial score (nSPS) is 23.1. The minimum Gasteiger partial charge on any atom is -0.222 e. The molecule has 3 rings (SSSR count). The maximum atomic E-state index is 12.5. The average Bonchev–Trinajstić information content (AvgIpc) is 3.07. The molecule has 3 nitrogen and oxygen atoms in total. The van der Waals surface area contributed by atoms with E-state index in [0.717, 1.165) is 12.8 Å². The molecule has 5 heteroatoms. The zero-order valence-corrected chi connectivity index (χ0v) is 11.3. The summed E-state index contributed by atoms with van der Waals surface area (Å²) >= 11 is 5.75. The lowest BCUT2D eigenvalue weighted by Crippen LogP contribution is -2.50. The summed E-state index contributed by atoms with van der Waals surface area (Å²) in [6.07, 6.45) is 3.10. The molecule has 0 N–H and O–H groups in total. The third kappa shape index (κ3) is 1.51. The van der Waals surface area contributed by atoms with E-state index in [2.05, 4.69) is 0 Å². The minimum absolute atomic E-state index is 0.162. The number of benzene rings is 1. The molecule has 0 radical (unpaired) electrons. The monoisotopic (exact) mass is 281 g/mol. The number of sulfone groups is 1. The molecular weight excluding hydrogens is 270 g/mol. The summed E-state index contributed by atoms with van der Waals surface area (Å²) < 4.78 is 23.8. The van der Waals surface area contributed by atoms with Gasteiger partial charge in [-0.1, -0.05) is 11.6 Å². The van der Waals surface area contributed by atoms with Crippen molar-refractivity contribution in [3.63, 3.8) is 0 Å². The van der Waals surface area contributed by atoms with Crippen LogP contribution in [0.2, 0.25) is 5.02 Å². The van der Waals surface area contributed by atoms with Gasteiger partial charge in [0.25, 0.3) is 0 Å². The Labute approximate surface area is 111 Å². The van der Waals surface area contributed by atoms with Gasteiger partial charge in [-0.15, -0.1) is 0 Å². The predicted octanol–water partition coefficient (Wildman–Crippen LogP) is 2.95. The van der Waals surface area contributed by atoms with Crippen LogP contribution in [0.5, 0.6) is 0 Å². The molecule has 1 aromatic carbocycles. The van der Waals surface area contributed by atoms with Gasteiger partial charge >= 0.3 is 0 Å². The van der Waals surface area contributed by atoms with Crippen molar-refractivity contribution in [3.05, 3.63) is 29.3 Å². The lowest BCUT2D eigenvalue weighted by Gasteiger charge is -2.42. The number of hydrogen-bond donors (Lipinski definition) is 0. The SMILES string of the molecule is N#CC1(S(=O)(=O)c2ccc(Cl)cc2)CC2(CC2)C1. The second-order valence-corrected chi connectivity index (χ2v) is 8.11. The number of nitrogens with zero attached hydrogens (tertiary/aromatic N) is 1. The molecule has 1 aromatic rings. The van der Waals surface area contributed by atoms with Gasteiger partial charge in [-0.2, -0.15) is 5.26 Å². The van der Waals surface area contributed by atoms with Crippen molar-refractivity contribution >= 4 is 21.4 Å². The molecule has 0 aromatic heterocycles. The zero-order valence-electron chi connectivity index (χ0n) is 9.69. The van der Waals surface area contributed by atoms with E-state index in [9.17, 15) is 13.7 Å². The topological polar surface area (TPSA) is 57.9 Å². The van der Waals surface area contributed by atoms with Crippen LogP contribution in [-0.2, 0) is 9.84 Å². The van der Waals surface area contributed by atoms with E-state index in [1.54, 1.807) is 12.1 Å². The maximum Gasteiger partial charge on any atom is 0.197 e. The highest BCUT2D eigenvalue weighted by molar-refractivity contribution is 7.93. The summed E-state index contributed by atoms with van der Waals surface area (Å²) in [6.45, 7) is 0. The lowest BCUT2D eigenvalue weighted by molar-refractivity contribution is 0.238. The van der Waals surface area contributed by atoms with E-state index in [1.807, 2.05) is 6.07 Å². The minimum atomic E-state index is -3.58. The fourth-order valence-corrected chi connectivity index (χ4v) is 5.04. The highest BCUT2D eigenvalue weighted by Gasteiger charge is 2.67. The van der Waals surface area contributed by atoms with Crippen LogP contribution in [0, 0.1) is 16.7 Å².